The number of anilines is 1. The lowest BCUT2D eigenvalue weighted by molar-refractivity contribution is -0.124. The van der Waals surface area contributed by atoms with Crippen molar-refractivity contribution < 1.29 is 9.53 Å². The minimum atomic E-state index is -0.334. The Morgan fingerprint density at radius 3 is 2.69 bits per heavy atom. The average molecular weight is 569 g/mol. The summed E-state index contributed by atoms with van der Waals surface area (Å²) in [4.78, 5) is 16.6. The van der Waals surface area contributed by atoms with Crippen LogP contribution in [0.4, 0.5) is 5.69 Å². The number of carbonyl (C=O) groups is 1. The van der Waals surface area contributed by atoms with Crippen LogP contribution in [0.15, 0.2) is 53.5 Å². The molecule has 6 nitrogen and oxygen atoms in total. The Morgan fingerprint density at radius 2 is 2.00 bits per heavy atom. The van der Waals surface area contributed by atoms with Crippen molar-refractivity contribution in [3.8, 4) is 0 Å². The number of ether oxygens (including phenoxy) is 1. The van der Waals surface area contributed by atoms with Gasteiger partial charge in [0.25, 0.3) is 5.91 Å². The molecule has 2 aromatic carbocycles. The van der Waals surface area contributed by atoms with Crippen molar-refractivity contribution in [2.75, 3.05) is 25.5 Å². The molecule has 3 N–H and O–H groups in total. The van der Waals surface area contributed by atoms with Crippen LogP contribution < -0.4 is 16.0 Å². The average Bonchev–Trinajstić information content (AvgIpc) is 3.36. The standard InChI is InChI=1S/C24H29ClN4O2.HI/c1-26-23(28-16-24(10-11-24)18-6-3-7-19(25)14-18)27-15-17-5-2-8-20(13-17)29-22(30)21-9-4-12-31-21;/h2-3,5-8,13-14,21H,4,9-12,15-16H2,1H3,(H,29,30)(H2,26,27,28);1H. The summed E-state index contributed by atoms with van der Waals surface area (Å²) in [6.45, 7) is 2.07. The smallest absolute Gasteiger partial charge is 0.253 e. The van der Waals surface area contributed by atoms with Gasteiger partial charge in [-0.05, 0) is 61.1 Å². The normalized spacial score (nSPS) is 19.1. The van der Waals surface area contributed by atoms with Crippen LogP contribution in [-0.2, 0) is 21.5 Å². The summed E-state index contributed by atoms with van der Waals surface area (Å²) in [6.07, 6.45) is 3.67. The van der Waals surface area contributed by atoms with Gasteiger partial charge >= 0.3 is 0 Å². The van der Waals surface area contributed by atoms with Gasteiger partial charge in [-0.15, -0.1) is 24.0 Å². The maximum Gasteiger partial charge on any atom is 0.253 e. The van der Waals surface area contributed by atoms with Crippen molar-refractivity contribution in [3.63, 3.8) is 0 Å². The topological polar surface area (TPSA) is 74.8 Å². The zero-order chi connectivity index (χ0) is 21.7. The molecule has 0 bridgehead atoms. The van der Waals surface area contributed by atoms with Crippen LogP contribution in [0.5, 0.6) is 0 Å². The van der Waals surface area contributed by atoms with E-state index in [2.05, 4.69) is 33.1 Å². The highest BCUT2D eigenvalue weighted by molar-refractivity contribution is 14.0. The van der Waals surface area contributed by atoms with Crippen molar-refractivity contribution in [2.24, 2.45) is 4.99 Å². The number of nitrogens with one attached hydrogen (secondary N) is 3. The Bertz CT molecular complexity index is 959. The second-order valence-electron chi connectivity index (χ2n) is 8.26. The van der Waals surface area contributed by atoms with E-state index in [1.54, 1.807) is 7.05 Å². The molecule has 0 radical (unpaired) electrons. The number of rotatable bonds is 7. The van der Waals surface area contributed by atoms with Gasteiger partial charge in [-0.2, -0.15) is 0 Å². The summed E-state index contributed by atoms with van der Waals surface area (Å²) >= 11 is 6.18. The molecule has 1 aliphatic heterocycles. The lowest BCUT2D eigenvalue weighted by atomic mass is 9.96. The number of halogens is 2. The Balaban J connectivity index is 0.00000289. The largest absolute Gasteiger partial charge is 0.368 e. The SMILES string of the molecule is CN=C(NCc1cccc(NC(=O)C2CCCO2)c1)NCC1(c2cccc(Cl)c2)CC1.I. The maximum absolute atomic E-state index is 12.3. The number of guanidine groups is 1. The van der Waals surface area contributed by atoms with E-state index < -0.39 is 0 Å². The summed E-state index contributed by atoms with van der Waals surface area (Å²) < 4.78 is 5.45. The van der Waals surface area contributed by atoms with E-state index >= 15 is 0 Å². The Labute approximate surface area is 211 Å². The van der Waals surface area contributed by atoms with Gasteiger partial charge in [-0.25, -0.2) is 0 Å². The second-order valence-corrected chi connectivity index (χ2v) is 8.70. The third-order valence-corrected chi connectivity index (χ3v) is 6.22. The number of aliphatic imine (C=N–C) groups is 1. The van der Waals surface area contributed by atoms with Crippen molar-refractivity contribution in [3.05, 3.63) is 64.7 Å². The van der Waals surface area contributed by atoms with Crippen LogP contribution in [-0.4, -0.2) is 38.2 Å². The van der Waals surface area contributed by atoms with Gasteiger partial charge in [-0.1, -0.05) is 35.9 Å². The highest BCUT2D eigenvalue weighted by atomic mass is 127. The predicted octanol–water partition coefficient (Wildman–Crippen LogP) is 4.47. The van der Waals surface area contributed by atoms with E-state index in [0.29, 0.717) is 13.2 Å². The third-order valence-electron chi connectivity index (χ3n) is 5.98. The van der Waals surface area contributed by atoms with Crippen LogP contribution in [0.2, 0.25) is 5.02 Å². The molecular weight excluding hydrogens is 539 g/mol. The van der Waals surface area contributed by atoms with E-state index in [1.165, 1.54) is 5.56 Å². The number of nitrogens with zero attached hydrogens (tertiary/aromatic N) is 1. The molecular formula is C24H30ClIN4O2. The highest BCUT2D eigenvalue weighted by Gasteiger charge is 2.44. The molecule has 0 spiro atoms. The fraction of sp³-hybridized carbons (Fsp3) is 0.417. The summed E-state index contributed by atoms with van der Waals surface area (Å²) in [6, 6.07) is 16.0. The molecule has 1 unspecified atom stereocenters. The van der Waals surface area contributed by atoms with Crippen LogP contribution in [0.3, 0.4) is 0 Å². The lowest BCUT2D eigenvalue weighted by Crippen LogP contribution is -2.40. The van der Waals surface area contributed by atoms with E-state index in [9.17, 15) is 4.79 Å². The fourth-order valence-corrected chi connectivity index (χ4v) is 4.15. The quantitative estimate of drug-likeness (QED) is 0.262. The van der Waals surface area contributed by atoms with E-state index in [0.717, 1.165) is 54.5 Å². The molecule has 1 heterocycles. The number of amides is 1. The Morgan fingerprint density at radius 1 is 1.19 bits per heavy atom. The molecule has 1 atom stereocenters. The van der Waals surface area contributed by atoms with Gasteiger partial charge in [0.1, 0.15) is 6.10 Å². The minimum Gasteiger partial charge on any atom is -0.368 e. The van der Waals surface area contributed by atoms with Gasteiger partial charge in [0.2, 0.25) is 0 Å². The zero-order valence-corrected chi connectivity index (χ0v) is 21.3. The van der Waals surface area contributed by atoms with Crippen LogP contribution >= 0.6 is 35.6 Å². The van der Waals surface area contributed by atoms with Gasteiger partial charge in [0, 0.05) is 42.9 Å². The Hall–Kier alpha value is -1.84. The maximum atomic E-state index is 12.3. The van der Waals surface area contributed by atoms with Crippen LogP contribution in [0, 0.1) is 0 Å². The summed E-state index contributed by atoms with van der Waals surface area (Å²) in [5.41, 5.74) is 3.25. The molecule has 172 valence electrons. The molecule has 0 aromatic heterocycles. The molecule has 1 amide bonds. The molecule has 1 saturated heterocycles. The summed E-state index contributed by atoms with van der Waals surface area (Å²) in [5.74, 6) is 0.679. The van der Waals surface area contributed by atoms with Crippen LogP contribution in [0.25, 0.3) is 0 Å². The minimum absolute atomic E-state index is 0. The lowest BCUT2D eigenvalue weighted by Gasteiger charge is -2.19. The molecule has 32 heavy (non-hydrogen) atoms. The molecule has 2 aliphatic rings. The summed E-state index contributed by atoms with van der Waals surface area (Å²) in [7, 11) is 1.77. The number of hydrogen-bond acceptors (Lipinski definition) is 3. The van der Waals surface area contributed by atoms with Crippen LogP contribution in [0.1, 0.15) is 36.8 Å². The van der Waals surface area contributed by atoms with E-state index in [4.69, 9.17) is 16.3 Å². The van der Waals surface area contributed by atoms with Gasteiger partial charge < -0.3 is 20.7 Å². The van der Waals surface area contributed by atoms with Gasteiger partial charge in [0.05, 0.1) is 0 Å². The molecule has 1 saturated carbocycles. The van der Waals surface area contributed by atoms with E-state index in [1.807, 2.05) is 36.4 Å². The number of benzene rings is 2. The first-order valence-electron chi connectivity index (χ1n) is 10.8. The molecule has 8 heteroatoms. The van der Waals surface area contributed by atoms with Gasteiger partial charge in [-0.3, -0.25) is 9.79 Å². The first-order chi connectivity index (χ1) is 15.1. The number of carbonyl (C=O) groups excluding carboxylic acids is 1. The van der Waals surface area contributed by atoms with Gasteiger partial charge in [0.15, 0.2) is 5.96 Å². The molecule has 2 fully saturated rings. The van der Waals surface area contributed by atoms with Crippen molar-refractivity contribution in [1.29, 1.82) is 0 Å². The summed E-state index contributed by atoms with van der Waals surface area (Å²) in [5, 5.41) is 10.5. The van der Waals surface area contributed by atoms with E-state index in [-0.39, 0.29) is 41.4 Å². The first-order valence-corrected chi connectivity index (χ1v) is 11.2. The monoisotopic (exact) mass is 568 g/mol. The molecule has 4 rings (SSSR count). The number of hydrogen-bond donors (Lipinski definition) is 3. The first kappa shape index (κ1) is 24.8. The Kier molecular flexibility index (Phi) is 8.79. The van der Waals surface area contributed by atoms with Crippen molar-refractivity contribution >= 4 is 53.1 Å². The van der Waals surface area contributed by atoms with Crippen molar-refractivity contribution in [2.45, 2.75) is 43.7 Å². The predicted molar refractivity (Wildman–Crippen MR) is 140 cm³/mol. The third kappa shape index (κ3) is 6.36. The molecule has 2 aromatic rings. The zero-order valence-electron chi connectivity index (χ0n) is 18.2. The fourth-order valence-electron chi connectivity index (χ4n) is 3.96. The molecule has 1 aliphatic carbocycles. The highest BCUT2D eigenvalue weighted by Crippen LogP contribution is 2.48. The van der Waals surface area contributed by atoms with Crippen molar-refractivity contribution in [1.82, 2.24) is 10.6 Å². The second kappa shape index (κ2) is 11.3.